The van der Waals surface area contributed by atoms with Gasteiger partial charge >= 0.3 is 5.97 Å². The third-order valence-electron chi connectivity index (χ3n) is 3.83. The second-order valence-electron chi connectivity index (χ2n) is 5.86. The van der Waals surface area contributed by atoms with Gasteiger partial charge in [-0.25, -0.2) is 0 Å². The van der Waals surface area contributed by atoms with Gasteiger partial charge in [-0.15, -0.1) is 0 Å². The van der Waals surface area contributed by atoms with Crippen molar-refractivity contribution in [3.8, 4) is 0 Å². The monoisotopic (exact) mass is 303 g/mol. The number of hydrogen-bond acceptors (Lipinski definition) is 4. The van der Waals surface area contributed by atoms with Crippen LogP contribution in [0.3, 0.4) is 0 Å². The van der Waals surface area contributed by atoms with E-state index in [9.17, 15) is 9.90 Å². The van der Waals surface area contributed by atoms with Crippen molar-refractivity contribution < 1.29 is 20.1 Å². The number of hydrogen-bond donors (Lipinski definition) is 4. The molecule has 0 saturated carbocycles. The van der Waals surface area contributed by atoms with Crippen molar-refractivity contribution in [1.82, 2.24) is 0 Å². The lowest BCUT2D eigenvalue weighted by atomic mass is 9.98. The third-order valence-corrected chi connectivity index (χ3v) is 3.83. The Labute approximate surface area is 128 Å². The van der Waals surface area contributed by atoms with E-state index >= 15 is 0 Å². The smallest absolute Gasteiger partial charge is 0.303 e. The van der Waals surface area contributed by atoms with Gasteiger partial charge in [0, 0.05) is 19.1 Å². The van der Waals surface area contributed by atoms with Crippen LogP contribution < -0.4 is 5.73 Å². The van der Waals surface area contributed by atoms with Gasteiger partial charge in [-0.1, -0.05) is 44.9 Å². The Bertz CT molecular complexity index is 248. The number of aliphatic carboxylic acids is 1. The third kappa shape index (κ3) is 14.1. The summed E-state index contributed by atoms with van der Waals surface area (Å²) in [4.78, 5) is 10.3. The van der Waals surface area contributed by atoms with Gasteiger partial charge in [0.2, 0.25) is 0 Å². The average molecular weight is 303 g/mol. The topological polar surface area (TPSA) is 104 Å². The highest BCUT2D eigenvalue weighted by molar-refractivity contribution is 5.66. The van der Waals surface area contributed by atoms with Crippen molar-refractivity contribution in [2.75, 3.05) is 6.61 Å². The number of unbranched alkanes of at least 4 members (excludes halogenated alkanes) is 7. The second kappa shape index (κ2) is 14.3. The molecule has 0 aromatic carbocycles. The largest absolute Gasteiger partial charge is 0.481 e. The molecule has 5 heteroatoms. The lowest BCUT2D eigenvalue weighted by Crippen LogP contribution is -2.34. The van der Waals surface area contributed by atoms with Crippen LogP contribution >= 0.6 is 0 Å². The zero-order valence-corrected chi connectivity index (χ0v) is 13.2. The van der Waals surface area contributed by atoms with Crippen molar-refractivity contribution in [1.29, 1.82) is 0 Å². The fourth-order valence-corrected chi connectivity index (χ4v) is 2.41. The number of carbonyl (C=O) groups is 1. The zero-order valence-electron chi connectivity index (χ0n) is 13.2. The molecule has 0 rings (SSSR count). The summed E-state index contributed by atoms with van der Waals surface area (Å²) < 4.78 is 0. The highest BCUT2D eigenvalue weighted by Gasteiger charge is 2.13. The van der Waals surface area contributed by atoms with Gasteiger partial charge in [0.25, 0.3) is 0 Å². The highest BCUT2D eigenvalue weighted by atomic mass is 16.4. The molecule has 0 fully saturated rings. The van der Waals surface area contributed by atoms with Crippen LogP contribution in [-0.2, 0) is 4.79 Å². The average Bonchev–Trinajstić information content (AvgIpc) is 2.45. The van der Waals surface area contributed by atoms with E-state index in [0.29, 0.717) is 0 Å². The molecule has 2 atom stereocenters. The molecule has 2 unspecified atom stereocenters. The molecule has 5 N–H and O–H groups in total. The summed E-state index contributed by atoms with van der Waals surface area (Å²) in [5.74, 6) is -0.723. The van der Waals surface area contributed by atoms with Crippen molar-refractivity contribution in [2.24, 2.45) is 5.73 Å². The zero-order chi connectivity index (χ0) is 15.9. The quantitative estimate of drug-likeness (QED) is 0.348. The minimum atomic E-state index is -0.723. The first-order valence-corrected chi connectivity index (χ1v) is 8.34. The van der Waals surface area contributed by atoms with E-state index in [-0.39, 0.29) is 19.1 Å². The van der Waals surface area contributed by atoms with Gasteiger partial charge in [-0.05, 0) is 25.7 Å². The van der Waals surface area contributed by atoms with Gasteiger partial charge in [-0.2, -0.15) is 0 Å². The highest BCUT2D eigenvalue weighted by Crippen LogP contribution is 2.13. The minimum Gasteiger partial charge on any atom is -0.481 e. The molecule has 0 radical (unpaired) electrons. The fraction of sp³-hybridized carbons (Fsp3) is 0.938. The molecular weight excluding hydrogens is 270 g/mol. The fourth-order valence-electron chi connectivity index (χ4n) is 2.41. The molecule has 5 nitrogen and oxygen atoms in total. The molecule has 0 amide bonds. The van der Waals surface area contributed by atoms with Crippen LogP contribution in [-0.4, -0.2) is 40.0 Å². The maximum absolute atomic E-state index is 10.3. The number of aliphatic hydroxyl groups is 2. The summed E-state index contributed by atoms with van der Waals surface area (Å²) in [6.45, 7) is 0.245. The molecule has 0 aliphatic rings. The SMILES string of the molecule is NC(CCCCCCCC(=O)O)C(O)CCCCCCO. The van der Waals surface area contributed by atoms with Crippen molar-refractivity contribution >= 4 is 5.97 Å². The van der Waals surface area contributed by atoms with E-state index in [0.717, 1.165) is 70.6 Å². The molecule has 0 aromatic heterocycles. The molecule has 0 aliphatic carbocycles. The predicted molar refractivity (Wildman–Crippen MR) is 84.1 cm³/mol. The molecule has 0 aromatic rings. The van der Waals surface area contributed by atoms with E-state index in [1.165, 1.54) is 0 Å². The normalized spacial score (nSPS) is 14.0. The van der Waals surface area contributed by atoms with E-state index in [1.807, 2.05) is 0 Å². The van der Waals surface area contributed by atoms with E-state index in [1.54, 1.807) is 0 Å². The second-order valence-corrected chi connectivity index (χ2v) is 5.86. The Morgan fingerprint density at radius 1 is 0.857 bits per heavy atom. The van der Waals surface area contributed by atoms with Crippen LogP contribution in [0.5, 0.6) is 0 Å². The van der Waals surface area contributed by atoms with Crippen molar-refractivity contribution in [3.63, 3.8) is 0 Å². The van der Waals surface area contributed by atoms with Gasteiger partial charge in [0.15, 0.2) is 0 Å². The standard InChI is InChI=1S/C16H33NO4/c17-14(15(19)11-7-4-5-9-13-18)10-6-2-1-3-8-12-16(20)21/h14-15,18-19H,1-13,17H2,(H,20,21). The first kappa shape index (κ1) is 20.3. The number of rotatable bonds is 15. The summed E-state index contributed by atoms with van der Waals surface area (Å²) in [6, 6.07) is -0.151. The van der Waals surface area contributed by atoms with Crippen LogP contribution in [0.2, 0.25) is 0 Å². The van der Waals surface area contributed by atoms with Gasteiger partial charge in [-0.3, -0.25) is 4.79 Å². The summed E-state index contributed by atoms with van der Waals surface area (Å²) in [5.41, 5.74) is 5.97. The van der Waals surface area contributed by atoms with Crippen LogP contribution in [0.25, 0.3) is 0 Å². The molecule has 0 bridgehead atoms. The Morgan fingerprint density at radius 3 is 2.00 bits per heavy atom. The van der Waals surface area contributed by atoms with Gasteiger partial charge in [0.1, 0.15) is 0 Å². The first-order valence-electron chi connectivity index (χ1n) is 8.34. The van der Waals surface area contributed by atoms with Crippen molar-refractivity contribution in [2.45, 2.75) is 89.2 Å². The maximum Gasteiger partial charge on any atom is 0.303 e. The molecular formula is C16H33NO4. The van der Waals surface area contributed by atoms with Crippen molar-refractivity contribution in [3.05, 3.63) is 0 Å². The Balaban J connectivity index is 3.38. The number of aliphatic hydroxyl groups excluding tert-OH is 2. The van der Waals surface area contributed by atoms with E-state index in [4.69, 9.17) is 15.9 Å². The summed E-state index contributed by atoms with van der Waals surface area (Å²) in [6.07, 6.45) is 10.0. The predicted octanol–water partition coefficient (Wildman–Crippen LogP) is 2.43. The van der Waals surface area contributed by atoms with E-state index < -0.39 is 12.1 Å². The van der Waals surface area contributed by atoms with Crippen LogP contribution in [0, 0.1) is 0 Å². The summed E-state index contributed by atoms with van der Waals surface area (Å²) >= 11 is 0. The molecule has 0 saturated heterocycles. The van der Waals surface area contributed by atoms with Crippen LogP contribution in [0.15, 0.2) is 0 Å². The Morgan fingerprint density at radius 2 is 1.38 bits per heavy atom. The van der Waals surface area contributed by atoms with E-state index in [2.05, 4.69) is 0 Å². The number of nitrogens with two attached hydrogens (primary N) is 1. The molecule has 126 valence electrons. The molecule has 0 aliphatic heterocycles. The number of carboxylic acids is 1. The van der Waals surface area contributed by atoms with Gasteiger partial charge in [0.05, 0.1) is 6.10 Å². The summed E-state index contributed by atoms with van der Waals surface area (Å²) in [5, 5.41) is 27.1. The lowest BCUT2D eigenvalue weighted by Gasteiger charge is -2.18. The summed E-state index contributed by atoms with van der Waals surface area (Å²) in [7, 11) is 0. The maximum atomic E-state index is 10.3. The lowest BCUT2D eigenvalue weighted by molar-refractivity contribution is -0.137. The number of carboxylic acid groups (broad SMARTS) is 1. The first-order chi connectivity index (χ1) is 10.1. The molecule has 0 spiro atoms. The Hall–Kier alpha value is -0.650. The molecule has 0 heterocycles. The van der Waals surface area contributed by atoms with Crippen LogP contribution in [0.1, 0.15) is 77.0 Å². The molecule has 21 heavy (non-hydrogen) atoms. The van der Waals surface area contributed by atoms with Crippen LogP contribution in [0.4, 0.5) is 0 Å². The van der Waals surface area contributed by atoms with Gasteiger partial charge < -0.3 is 21.1 Å². The Kier molecular flexibility index (Phi) is 13.9. The minimum absolute atomic E-state index is 0.151.